The number of carbonyl (C=O) groups is 2. The summed E-state index contributed by atoms with van der Waals surface area (Å²) >= 11 is 0. The van der Waals surface area contributed by atoms with Gasteiger partial charge in [0.2, 0.25) is 11.8 Å². The molecule has 8 heteroatoms. The second-order valence-electron chi connectivity index (χ2n) is 6.34. The van der Waals surface area contributed by atoms with E-state index in [4.69, 9.17) is 9.47 Å². The first-order valence-electron chi connectivity index (χ1n) is 8.68. The molecule has 1 aromatic rings. The van der Waals surface area contributed by atoms with Gasteiger partial charge in [-0.3, -0.25) is 9.59 Å². The molecule has 0 bridgehead atoms. The van der Waals surface area contributed by atoms with Crippen molar-refractivity contribution in [2.24, 2.45) is 5.92 Å². The highest BCUT2D eigenvalue weighted by molar-refractivity contribution is 5.78. The van der Waals surface area contributed by atoms with Crippen molar-refractivity contribution in [2.75, 3.05) is 32.9 Å². The van der Waals surface area contributed by atoms with Gasteiger partial charge in [-0.05, 0) is 18.9 Å². The number of carbonyl (C=O) groups excluding carboxylic acids is 2. The van der Waals surface area contributed by atoms with E-state index in [9.17, 15) is 9.59 Å². The van der Waals surface area contributed by atoms with Crippen LogP contribution in [0.5, 0.6) is 0 Å². The van der Waals surface area contributed by atoms with E-state index in [0.717, 1.165) is 18.5 Å². The summed E-state index contributed by atoms with van der Waals surface area (Å²) in [5.74, 6) is 0.623. The number of ether oxygens (including phenoxy) is 2. The molecule has 0 aliphatic carbocycles. The Morgan fingerprint density at radius 1 is 1.32 bits per heavy atom. The molecular formula is C17H24N4O4. The van der Waals surface area contributed by atoms with Gasteiger partial charge >= 0.3 is 0 Å². The standard InChI is InChI=1S/C17H24N4O4/c1-12(22)21-6-9-25-15(11-21)16-18-5-2-14(20-16)10-19-17(23)13-3-7-24-8-4-13/h2,5,13,15H,3-4,6-11H2,1H3,(H,19,23). The Hall–Kier alpha value is -2.06. The van der Waals surface area contributed by atoms with Crippen molar-refractivity contribution in [3.63, 3.8) is 0 Å². The highest BCUT2D eigenvalue weighted by Crippen LogP contribution is 2.19. The van der Waals surface area contributed by atoms with Gasteiger partial charge in [-0.2, -0.15) is 0 Å². The van der Waals surface area contributed by atoms with Gasteiger partial charge in [-0.25, -0.2) is 9.97 Å². The van der Waals surface area contributed by atoms with Crippen LogP contribution in [0.1, 0.15) is 37.4 Å². The fourth-order valence-corrected chi connectivity index (χ4v) is 3.04. The van der Waals surface area contributed by atoms with E-state index in [-0.39, 0.29) is 23.8 Å². The van der Waals surface area contributed by atoms with Gasteiger partial charge in [0.25, 0.3) is 0 Å². The second-order valence-corrected chi connectivity index (χ2v) is 6.34. The van der Waals surface area contributed by atoms with Crippen LogP contribution in [0.3, 0.4) is 0 Å². The van der Waals surface area contributed by atoms with Crippen LogP contribution in [0.15, 0.2) is 12.3 Å². The Kier molecular flexibility index (Phi) is 5.93. The fourth-order valence-electron chi connectivity index (χ4n) is 3.04. The third-order valence-corrected chi connectivity index (χ3v) is 4.57. The molecule has 0 radical (unpaired) electrons. The zero-order chi connectivity index (χ0) is 17.6. The van der Waals surface area contributed by atoms with Gasteiger partial charge in [0, 0.05) is 38.8 Å². The van der Waals surface area contributed by atoms with Gasteiger partial charge in [-0.1, -0.05) is 0 Å². The Labute approximate surface area is 146 Å². The molecular weight excluding hydrogens is 324 g/mol. The first-order valence-corrected chi connectivity index (χ1v) is 8.68. The predicted octanol–water partition coefficient (Wildman–Crippen LogP) is 0.439. The SMILES string of the molecule is CC(=O)N1CCOC(c2nccc(CNC(=O)C3CCOCC3)n2)C1. The average molecular weight is 348 g/mol. The Morgan fingerprint density at radius 3 is 2.88 bits per heavy atom. The largest absolute Gasteiger partial charge is 0.381 e. The lowest BCUT2D eigenvalue weighted by Crippen LogP contribution is -2.41. The average Bonchev–Trinajstić information content (AvgIpc) is 2.67. The predicted molar refractivity (Wildman–Crippen MR) is 88.4 cm³/mol. The molecule has 2 aliphatic heterocycles. The molecule has 2 saturated heterocycles. The van der Waals surface area contributed by atoms with Crippen LogP contribution in [0.25, 0.3) is 0 Å². The van der Waals surface area contributed by atoms with Gasteiger partial charge in [-0.15, -0.1) is 0 Å². The number of hydrogen-bond acceptors (Lipinski definition) is 6. The summed E-state index contributed by atoms with van der Waals surface area (Å²) in [7, 11) is 0. The van der Waals surface area contributed by atoms with Crippen molar-refractivity contribution >= 4 is 11.8 Å². The number of nitrogens with one attached hydrogen (secondary N) is 1. The van der Waals surface area contributed by atoms with Gasteiger partial charge in [0.15, 0.2) is 5.82 Å². The summed E-state index contributed by atoms with van der Waals surface area (Å²) in [6.07, 6.45) is 2.85. The maximum atomic E-state index is 12.2. The Morgan fingerprint density at radius 2 is 2.12 bits per heavy atom. The van der Waals surface area contributed by atoms with Gasteiger partial charge in [0.05, 0.1) is 25.4 Å². The topological polar surface area (TPSA) is 93.7 Å². The molecule has 0 spiro atoms. The van der Waals surface area contributed by atoms with E-state index in [2.05, 4.69) is 15.3 Å². The minimum Gasteiger partial charge on any atom is -0.381 e. The zero-order valence-corrected chi connectivity index (χ0v) is 14.4. The van der Waals surface area contributed by atoms with Gasteiger partial charge < -0.3 is 19.7 Å². The zero-order valence-electron chi connectivity index (χ0n) is 14.4. The van der Waals surface area contributed by atoms with Crippen molar-refractivity contribution in [1.29, 1.82) is 0 Å². The van der Waals surface area contributed by atoms with E-state index in [0.29, 0.717) is 45.3 Å². The smallest absolute Gasteiger partial charge is 0.223 e. The quantitative estimate of drug-likeness (QED) is 0.849. The molecule has 3 rings (SSSR count). The summed E-state index contributed by atoms with van der Waals surface area (Å²) in [4.78, 5) is 34.2. The molecule has 1 aromatic heterocycles. The summed E-state index contributed by atoms with van der Waals surface area (Å²) in [5.41, 5.74) is 0.731. The van der Waals surface area contributed by atoms with Crippen LogP contribution in [0.4, 0.5) is 0 Å². The molecule has 2 fully saturated rings. The van der Waals surface area contributed by atoms with Crippen LogP contribution >= 0.6 is 0 Å². The molecule has 8 nitrogen and oxygen atoms in total. The lowest BCUT2D eigenvalue weighted by Gasteiger charge is -2.31. The monoisotopic (exact) mass is 348 g/mol. The fraction of sp³-hybridized carbons (Fsp3) is 0.647. The maximum absolute atomic E-state index is 12.2. The number of morpholine rings is 1. The highest BCUT2D eigenvalue weighted by atomic mass is 16.5. The van der Waals surface area contributed by atoms with E-state index in [1.54, 1.807) is 24.1 Å². The second kappa shape index (κ2) is 8.35. The molecule has 2 aliphatic rings. The van der Waals surface area contributed by atoms with Crippen molar-refractivity contribution in [3.8, 4) is 0 Å². The lowest BCUT2D eigenvalue weighted by atomic mass is 9.99. The van der Waals surface area contributed by atoms with E-state index < -0.39 is 0 Å². The summed E-state index contributed by atoms with van der Waals surface area (Å²) in [6, 6.07) is 1.78. The Bertz CT molecular complexity index is 618. The molecule has 1 N–H and O–H groups in total. The van der Waals surface area contributed by atoms with Crippen molar-refractivity contribution in [3.05, 3.63) is 23.8 Å². The molecule has 25 heavy (non-hydrogen) atoms. The third-order valence-electron chi connectivity index (χ3n) is 4.57. The van der Waals surface area contributed by atoms with Crippen LogP contribution < -0.4 is 5.32 Å². The summed E-state index contributed by atoms with van der Waals surface area (Å²) < 4.78 is 11.0. The first-order chi connectivity index (χ1) is 12.1. The molecule has 0 saturated carbocycles. The number of rotatable bonds is 4. The molecule has 3 heterocycles. The van der Waals surface area contributed by atoms with E-state index >= 15 is 0 Å². The van der Waals surface area contributed by atoms with Crippen molar-refractivity contribution in [1.82, 2.24) is 20.2 Å². The van der Waals surface area contributed by atoms with Crippen LogP contribution in [0, 0.1) is 5.92 Å². The number of aromatic nitrogens is 2. The molecule has 0 aromatic carbocycles. The van der Waals surface area contributed by atoms with Crippen molar-refractivity contribution in [2.45, 2.75) is 32.4 Å². The minimum absolute atomic E-state index is 0.0147. The lowest BCUT2D eigenvalue weighted by molar-refractivity contribution is -0.137. The van der Waals surface area contributed by atoms with Crippen molar-refractivity contribution < 1.29 is 19.1 Å². The number of amides is 2. The summed E-state index contributed by atoms with van der Waals surface area (Å²) in [5, 5.41) is 2.94. The van der Waals surface area contributed by atoms with Crippen LogP contribution in [-0.2, 0) is 25.6 Å². The Balaban J connectivity index is 1.57. The molecule has 1 unspecified atom stereocenters. The third kappa shape index (κ3) is 4.73. The minimum atomic E-state index is -0.330. The maximum Gasteiger partial charge on any atom is 0.223 e. The molecule has 2 amide bonds. The highest BCUT2D eigenvalue weighted by Gasteiger charge is 2.26. The molecule has 136 valence electrons. The first kappa shape index (κ1) is 17.8. The van der Waals surface area contributed by atoms with E-state index in [1.807, 2.05) is 0 Å². The van der Waals surface area contributed by atoms with Crippen LogP contribution in [0.2, 0.25) is 0 Å². The normalized spacial score (nSPS) is 21.8. The van der Waals surface area contributed by atoms with Crippen LogP contribution in [-0.4, -0.2) is 59.6 Å². The number of hydrogen-bond donors (Lipinski definition) is 1. The summed E-state index contributed by atoms with van der Waals surface area (Å²) in [6.45, 7) is 4.70. The number of nitrogens with zero attached hydrogens (tertiary/aromatic N) is 3. The van der Waals surface area contributed by atoms with Gasteiger partial charge in [0.1, 0.15) is 6.10 Å². The molecule has 1 atom stereocenters. The van der Waals surface area contributed by atoms with E-state index in [1.165, 1.54) is 0 Å².